The molecule has 0 amide bonds. The van der Waals surface area contributed by atoms with Crippen LogP contribution in [-0.4, -0.2) is 0 Å². The van der Waals surface area contributed by atoms with Gasteiger partial charge in [0.1, 0.15) is 59.7 Å². The Balaban J connectivity index is 2.00. The second kappa shape index (κ2) is 16.3. The quantitative estimate of drug-likeness (QED) is 0.110. The molecule has 2 aliphatic carbocycles. The van der Waals surface area contributed by atoms with Crippen molar-refractivity contribution >= 4 is 22.3 Å². The van der Waals surface area contributed by atoms with Crippen molar-refractivity contribution in [2.24, 2.45) is 0 Å². The molecule has 0 fully saturated rings. The summed E-state index contributed by atoms with van der Waals surface area (Å²) >= 11 is 0. The maximum atomic E-state index is 16.0. The lowest BCUT2D eigenvalue weighted by molar-refractivity contribution is -0.144. The number of benzene rings is 4. The van der Waals surface area contributed by atoms with Gasteiger partial charge in [-0.15, -0.1) is 0 Å². The first-order valence-corrected chi connectivity index (χ1v) is 17.2. The van der Waals surface area contributed by atoms with Crippen LogP contribution in [0.2, 0.25) is 0 Å². The number of halogens is 14. The Hall–Kier alpha value is -9.48. The second-order valence-electron chi connectivity index (χ2n) is 13.2. The van der Waals surface area contributed by atoms with Crippen LogP contribution in [0, 0.1) is 137 Å². The molecular formula is C44H6F14N8. The fourth-order valence-corrected chi connectivity index (χ4v) is 7.25. The molecular weight excluding hydrogens is 907 g/mol. The fourth-order valence-electron chi connectivity index (χ4n) is 7.25. The van der Waals surface area contributed by atoms with Gasteiger partial charge in [-0.3, -0.25) is 0 Å². The molecule has 66 heavy (non-hydrogen) atoms. The molecule has 22 heteroatoms. The summed E-state index contributed by atoms with van der Waals surface area (Å²) in [6, 6.07) is 16.2. The van der Waals surface area contributed by atoms with Crippen LogP contribution in [0.4, 0.5) is 61.5 Å². The van der Waals surface area contributed by atoms with Crippen molar-refractivity contribution in [3.05, 3.63) is 172 Å². The number of nitriles is 8. The molecule has 4 aromatic rings. The Kier molecular flexibility index (Phi) is 11.4. The predicted octanol–water partition coefficient (Wildman–Crippen LogP) is 10.9. The van der Waals surface area contributed by atoms with Crippen molar-refractivity contribution in [2.75, 3.05) is 0 Å². The van der Waals surface area contributed by atoms with E-state index in [2.05, 4.69) is 0 Å². The smallest absolute Gasteiger partial charge is 0.203 e. The van der Waals surface area contributed by atoms with E-state index < -0.39 is 170 Å². The summed E-state index contributed by atoms with van der Waals surface area (Å²) in [6.45, 7) is 0. The summed E-state index contributed by atoms with van der Waals surface area (Å²) in [5.41, 5.74) is -27.1. The Bertz CT molecular complexity index is 3220. The Morgan fingerprint density at radius 3 is 0.879 bits per heavy atom. The van der Waals surface area contributed by atoms with E-state index in [4.69, 9.17) is 0 Å². The summed E-state index contributed by atoms with van der Waals surface area (Å²) in [6.07, 6.45) is -12.3. The third-order valence-corrected chi connectivity index (χ3v) is 9.89. The Morgan fingerprint density at radius 1 is 0.364 bits per heavy atom. The molecule has 4 aromatic carbocycles. The standard InChI is InChI=1S/C44H6F14N8/c45-35-31(36(46)40(50)33(39(35)49)43(53,54)55)23(13-65)27-25(15-1-3-17(7-59)19(5-15)9-61)21(11-63)29-28(24(14-66)32-37(47)41(51)34(44(56,57)58)42(52)38(32)48)26(22(12-64)30(27)29)16-2-4-18(8-60)20(6-16)10-62/h1-6H/b27-23-,28-24-. The maximum absolute atomic E-state index is 16.0. The summed E-state index contributed by atoms with van der Waals surface area (Å²) < 4.78 is 207. The lowest BCUT2D eigenvalue weighted by atomic mass is 9.82. The Labute approximate surface area is 358 Å². The molecule has 0 heterocycles. The third kappa shape index (κ3) is 6.71. The molecule has 0 unspecified atom stereocenters. The number of rotatable bonds is 4. The highest BCUT2D eigenvalue weighted by Crippen LogP contribution is 2.60. The predicted molar refractivity (Wildman–Crippen MR) is 191 cm³/mol. The van der Waals surface area contributed by atoms with E-state index in [1.165, 1.54) is 12.1 Å². The molecule has 0 N–H and O–H groups in total. The highest BCUT2D eigenvalue weighted by molar-refractivity contribution is 6.17. The average molecular weight is 913 g/mol. The van der Waals surface area contributed by atoms with Crippen molar-refractivity contribution < 1.29 is 61.5 Å². The van der Waals surface area contributed by atoms with Gasteiger partial charge in [0, 0.05) is 33.4 Å². The van der Waals surface area contributed by atoms with Crippen molar-refractivity contribution in [2.45, 2.75) is 12.4 Å². The SMILES string of the molecule is N#CC1=C(c2ccc(C#N)c(C#N)c2)/C(=C(\C#N)c2c(F)c(F)c(C(F)(F)F)c(F)c2F)C2=C1/C(=C(/C#N)c1c(F)c(F)c(C(F)(F)F)c(F)c1F)C(c1ccc(C#N)c(C#N)c1)=C2C#N. The van der Waals surface area contributed by atoms with Gasteiger partial charge in [0.25, 0.3) is 0 Å². The van der Waals surface area contributed by atoms with Gasteiger partial charge in [0.05, 0.1) is 55.7 Å². The topological polar surface area (TPSA) is 190 Å². The summed E-state index contributed by atoms with van der Waals surface area (Å²) in [5, 5.41) is 81.6. The zero-order valence-corrected chi connectivity index (χ0v) is 31.3. The largest absolute Gasteiger partial charge is 0.422 e. The van der Waals surface area contributed by atoms with E-state index in [1.807, 2.05) is 0 Å². The molecule has 0 aliphatic heterocycles. The van der Waals surface area contributed by atoms with Crippen LogP contribution >= 0.6 is 0 Å². The summed E-state index contributed by atoms with van der Waals surface area (Å²) in [4.78, 5) is 0. The highest BCUT2D eigenvalue weighted by Gasteiger charge is 2.49. The molecule has 0 saturated heterocycles. The van der Waals surface area contributed by atoms with Crippen molar-refractivity contribution in [3.8, 4) is 48.6 Å². The van der Waals surface area contributed by atoms with Crippen molar-refractivity contribution in [1.29, 1.82) is 42.1 Å². The van der Waals surface area contributed by atoms with Gasteiger partial charge in [-0.1, -0.05) is 12.1 Å². The number of nitrogens with zero attached hydrogens (tertiary/aromatic N) is 8. The molecule has 0 spiro atoms. The van der Waals surface area contributed by atoms with E-state index in [-0.39, 0.29) is 0 Å². The van der Waals surface area contributed by atoms with Crippen LogP contribution in [0.25, 0.3) is 22.3 Å². The first-order valence-electron chi connectivity index (χ1n) is 17.2. The van der Waals surface area contributed by atoms with Gasteiger partial charge < -0.3 is 0 Å². The minimum atomic E-state index is -6.15. The number of allylic oxidation sites excluding steroid dienone is 10. The third-order valence-electron chi connectivity index (χ3n) is 9.89. The highest BCUT2D eigenvalue weighted by atomic mass is 19.4. The molecule has 0 saturated carbocycles. The second-order valence-corrected chi connectivity index (χ2v) is 13.2. The van der Waals surface area contributed by atoms with Gasteiger partial charge in [0.15, 0.2) is 46.5 Å². The van der Waals surface area contributed by atoms with E-state index in [9.17, 15) is 68.4 Å². The van der Waals surface area contributed by atoms with Gasteiger partial charge >= 0.3 is 12.4 Å². The zero-order chi connectivity index (χ0) is 49.1. The van der Waals surface area contributed by atoms with Crippen molar-refractivity contribution in [1.82, 2.24) is 0 Å². The summed E-state index contributed by atoms with van der Waals surface area (Å²) in [5.74, 6) is -24.3. The molecule has 8 nitrogen and oxygen atoms in total. The van der Waals surface area contributed by atoms with E-state index in [0.717, 1.165) is 36.4 Å². The molecule has 320 valence electrons. The van der Waals surface area contributed by atoms with Crippen LogP contribution in [0.15, 0.2) is 69.8 Å². The lowest BCUT2D eigenvalue weighted by Gasteiger charge is -2.19. The normalized spacial score (nSPS) is 14.9. The van der Waals surface area contributed by atoms with Crippen LogP contribution < -0.4 is 0 Å². The number of hydrogen-bond donors (Lipinski definition) is 0. The van der Waals surface area contributed by atoms with Crippen LogP contribution in [0.1, 0.15) is 55.6 Å². The first kappa shape index (κ1) is 46.0. The van der Waals surface area contributed by atoms with Crippen LogP contribution in [-0.2, 0) is 12.4 Å². The minimum Gasteiger partial charge on any atom is -0.203 e. The number of alkyl halides is 6. The Morgan fingerprint density at radius 2 is 0.652 bits per heavy atom. The van der Waals surface area contributed by atoms with Gasteiger partial charge in [-0.05, 0) is 35.4 Å². The minimum absolute atomic E-state index is 0.437. The monoisotopic (exact) mass is 912 g/mol. The van der Waals surface area contributed by atoms with Crippen LogP contribution in [0.5, 0.6) is 0 Å². The van der Waals surface area contributed by atoms with E-state index >= 15 is 35.1 Å². The maximum Gasteiger partial charge on any atom is 0.422 e. The van der Waals surface area contributed by atoms with E-state index in [0.29, 0.717) is 12.1 Å². The zero-order valence-electron chi connectivity index (χ0n) is 31.3. The molecule has 0 atom stereocenters. The fraction of sp³-hybridized carbons (Fsp3) is 0.0455. The summed E-state index contributed by atoms with van der Waals surface area (Å²) in [7, 11) is 0. The van der Waals surface area contributed by atoms with Gasteiger partial charge in [-0.2, -0.15) is 68.4 Å². The molecule has 6 rings (SSSR count). The molecule has 2 aliphatic rings. The van der Waals surface area contributed by atoms with Crippen LogP contribution in [0.3, 0.4) is 0 Å². The number of hydrogen-bond acceptors (Lipinski definition) is 8. The average Bonchev–Trinajstić information content (AvgIpc) is 3.78. The first-order chi connectivity index (χ1) is 31.1. The van der Waals surface area contributed by atoms with Gasteiger partial charge in [0.2, 0.25) is 0 Å². The van der Waals surface area contributed by atoms with E-state index in [1.54, 1.807) is 24.3 Å². The molecule has 0 radical (unpaired) electrons. The van der Waals surface area contributed by atoms with Crippen molar-refractivity contribution in [3.63, 3.8) is 0 Å². The molecule has 0 bridgehead atoms. The van der Waals surface area contributed by atoms with Gasteiger partial charge in [-0.25, -0.2) is 35.1 Å². The lowest BCUT2D eigenvalue weighted by Crippen LogP contribution is -2.17. The molecule has 0 aromatic heterocycles.